The number of halogens is 3. The Kier molecular flexibility index (Phi) is 5.84. The predicted octanol–water partition coefficient (Wildman–Crippen LogP) is 8.71. The molecular weight excluding hydrogens is 543 g/mol. The number of nitrogens with zero attached hydrogens (tertiary/aromatic N) is 2. The lowest BCUT2D eigenvalue weighted by Gasteiger charge is -2.10. The van der Waals surface area contributed by atoms with E-state index in [-0.39, 0.29) is 5.78 Å². The van der Waals surface area contributed by atoms with Crippen LogP contribution in [0.4, 0.5) is 0 Å². The van der Waals surface area contributed by atoms with Gasteiger partial charge in [-0.15, -0.1) is 0 Å². The summed E-state index contributed by atoms with van der Waals surface area (Å²) in [4.78, 5) is 14.2. The van der Waals surface area contributed by atoms with Gasteiger partial charge in [0.25, 0.3) is 0 Å². The second-order valence-corrected chi connectivity index (χ2v) is 10.6. The number of aryl methyl sites for hydroxylation is 2. The highest BCUT2D eigenvalue weighted by atomic mass is 79.9. The van der Waals surface area contributed by atoms with Crippen LogP contribution in [0, 0.1) is 0 Å². The molecule has 0 radical (unpaired) electrons. The minimum atomic E-state index is -0.0721. The molecule has 0 fully saturated rings. The molecule has 3 nitrogen and oxygen atoms in total. The van der Waals surface area contributed by atoms with Crippen LogP contribution >= 0.6 is 39.1 Å². The van der Waals surface area contributed by atoms with Crippen LogP contribution in [0.1, 0.15) is 34.5 Å². The number of aromatic nitrogens is 2. The van der Waals surface area contributed by atoms with Crippen molar-refractivity contribution in [3.05, 3.63) is 110 Å². The van der Waals surface area contributed by atoms with E-state index in [4.69, 9.17) is 23.2 Å². The van der Waals surface area contributed by atoms with Gasteiger partial charge in [0.05, 0.1) is 15.7 Å². The summed E-state index contributed by atoms with van der Waals surface area (Å²) in [6.07, 6.45) is 5.19. The Hall–Kier alpha value is -2.79. The van der Waals surface area contributed by atoms with Crippen molar-refractivity contribution in [2.75, 3.05) is 0 Å². The molecule has 0 bridgehead atoms. The van der Waals surface area contributed by atoms with Crippen molar-refractivity contribution < 1.29 is 4.79 Å². The molecule has 5 aromatic rings. The molecule has 3 heterocycles. The van der Waals surface area contributed by atoms with Gasteiger partial charge in [0, 0.05) is 33.9 Å². The fourth-order valence-corrected chi connectivity index (χ4v) is 5.87. The topological polar surface area (TPSA) is 26.4 Å². The van der Waals surface area contributed by atoms with Gasteiger partial charge in [0.15, 0.2) is 0 Å². The first-order valence-electron chi connectivity index (χ1n) is 11.6. The highest BCUT2D eigenvalue weighted by Crippen LogP contribution is 2.41. The molecule has 0 spiro atoms. The lowest BCUT2D eigenvalue weighted by atomic mass is 9.95. The van der Waals surface area contributed by atoms with Crippen molar-refractivity contribution in [2.45, 2.75) is 25.8 Å². The minimum absolute atomic E-state index is 0.0721. The van der Waals surface area contributed by atoms with Crippen molar-refractivity contribution in [3.8, 4) is 22.4 Å². The zero-order valence-corrected chi connectivity index (χ0v) is 21.9. The molecule has 35 heavy (non-hydrogen) atoms. The number of benzene rings is 3. The van der Waals surface area contributed by atoms with Crippen molar-refractivity contribution in [3.63, 3.8) is 0 Å². The fourth-order valence-electron chi connectivity index (χ4n) is 5.18. The summed E-state index contributed by atoms with van der Waals surface area (Å²) in [5.74, 6) is -0.0721. The number of ketones is 1. The number of hydrogen-bond acceptors (Lipinski definition) is 1. The minimum Gasteiger partial charge on any atom is -0.325 e. The number of carbonyl (C=O) groups excluding carboxylic acids is 1. The third kappa shape index (κ3) is 3.85. The van der Waals surface area contributed by atoms with Crippen molar-refractivity contribution in [1.82, 2.24) is 8.97 Å². The van der Waals surface area contributed by atoms with Crippen LogP contribution in [0.3, 0.4) is 0 Å². The first-order chi connectivity index (χ1) is 17.0. The summed E-state index contributed by atoms with van der Waals surface area (Å²) in [5, 5.41) is 0.807. The lowest BCUT2D eigenvalue weighted by Crippen LogP contribution is -2.07. The largest absolute Gasteiger partial charge is 0.325 e. The first kappa shape index (κ1) is 22.7. The standard InChI is InChI=1S/C29H21BrCl2N2O/c30-21-10-6-9-19(15-21)26-22-11-4-5-14-33-25(18-7-2-1-3-8-18)17-34(29(22)33)27(26)28(35)20-12-13-23(31)24(32)16-20/h1-3,6-10,12-13,15-17H,4-5,11,14H2. The molecule has 1 aliphatic rings. The smallest absolute Gasteiger partial charge is 0.210 e. The zero-order chi connectivity index (χ0) is 24.1. The number of carbonyl (C=O) groups is 1. The summed E-state index contributed by atoms with van der Waals surface area (Å²) in [5.41, 5.74) is 7.76. The molecule has 3 aromatic carbocycles. The van der Waals surface area contributed by atoms with E-state index >= 15 is 0 Å². The summed E-state index contributed by atoms with van der Waals surface area (Å²) in [6.45, 7) is 0.913. The molecule has 0 amide bonds. The molecule has 0 unspecified atom stereocenters. The summed E-state index contributed by atoms with van der Waals surface area (Å²) >= 11 is 16.1. The number of rotatable bonds is 4. The molecule has 0 atom stereocenters. The molecule has 6 heteroatoms. The molecule has 0 saturated carbocycles. The molecule has 6 rings (SSSR count). The Labute approximate surface area is 222 Å². The van der Waals surface area contributed by atoms with E-state index in [1.165, 1.54) is 5.56 Å². The fraction of sp³-hybridized carbons (Fsp3) is 0.138. The van der Waals surface area contributed by atoms with Crippen LogP contribution < -0.4 is 0 Å². The van der Waals surface area contributed by atoms with Gasteiger partial charge in [-0.05, 0) is 60.7 Å². The maximum Gasteiger partial charge on any atom is 0.210 e. The van der Waals surface area contributed by atoms with Gasteiger partial charge >= 0.3 is 0 Å². The lowest BCUT2D eigenvalue weighted by molar-refractivity contribution is 0.103. The highest BCUT2D eigenvalue weighted by Gasteiger charge is 2.30. The molecule has 0 N–H and O–H groups in total. The summed E-state index contributed by atoms with van der Waals surface area (Å²) in [6, 6.07) is 23.7. The normalized spacial score (nSPS) is 13.2. The Morgan fingerprint density at radius 2 is 1.66 bits per heavy atom. The van der Waals surface area contributed by atoms with E-state index in [2.05, 4.69) is 67.5 Å². The van der Waals surface area contributed by atoms with E-state index in [9.17, 15) is 4.79 Å². The van der Waals surface area contributed by atoms with Crippen molar-refractivity contribution in [1.29, 1.82) is 0 Å². The van der Waals surface area contributed by atoms with E-state index in [1.54, 1.807) is 18.2 Å². The van der Waals surface area contributed by atoms with E-state index in [0.717, 1.165) is 58.3 Å². The molecular formula is C29H21BrCl2N2O. The quantitative estimate of drug-likeness (QED) is 0.201. The number of hydrogen-bond donors (Lipinski definition) is 0. The van der Waals surface area contributed by atoms with Crippen LogP contribution in [0.5, 0.6) is 0 Å². The van der Waals surface area contributed by atoms with E-state index in [0.29, 0.717) is 21.3 Å². The van der Waals surface area contributed by atoms with Crippen LogP contribution in [0.2, 0.25) is 10.0 Å². The average molecular weight is 564 g/mol. The molecule has 0 saturated heterocycles. The Morgan fingerprint density at radius 1 is 0.857 bits per heavy atom. The summed E-state index contributed by atoms with van der Waals surface area (Å²) < 4.78 is 5.46. The third-order valence-corrected chi connectivity index (χ3v) is 7.95. The van der Waals surface area contributed by atoms with Crippen LogP contribution in [-0.4, -0.2) is 14.8 Å². The van der Waals surface area contributed by atoms with Gasteiger partial charge in [-0.2, -0.15) is 0 Å². The monoisotopic (exact) mass is 562 g/mol. The van der Waals surface area contributed by atoms with E-state index in [1.807, 2.05) is 18.2 Å². The van der Waals surface area contributed by atoms with Gasteiger partial charge in [-0.1, -0.05) is 81.6 Å². The Morgan fingerprint density at radius 3 is 2.43 bits per heavy atom. The zero-order valence-electron chi connectivity index (χ0n) is 18.8. The maximum atomic E-state index is 14.2. The van der Waals surface area contributed by atoms with E-state index < -0.39 is 0 Å². The second-order valence-electron chi connectivity index (χ2n) is 8.85. The number of imidazole rings is 1. The predicted molar refractivity (Wildman–Crippen MR) is 147 cm³/mol. The molecule has 174 valence electrons. The first-order valence-corrected chi connectivity index (χ1v) is 13.2. The second kappa shape index (κ2) is 9.02. The Bertz CT molecular complexity index is 1600. The summed E-state index contributed by atoms with van der Waals surface area (Å²) in [7, 11) is 0. The van der Waals surface area contributed by atoms with Gasteiger partial charge in [0.2, 0.25) is 5.78 Å². The van der Waals surface area contributed by atoms with Crippen LogP contribution in [-0.2, 0) is 13.0 Å². The van der Waals surface area contributed by atoms with Crippen molar-refractivity contribution in [2.24, 2.45) is 0 Å². The SMILES string of the molecule is O=C(c1ccc(Cl)c(Cl)c1)c1c(-c2cccc(Br)c2)c2c3n(c(-c4ccccc4)cn13)CCCC2. The van der Waals surface area contributed by atoms with Crippen LogP contribution in [0.15, 0.2) is 83.5 Å². The van der Waals surface area contributed by atoms with Crippen molar-refractivity contribution >= 4 is 50.6 Å². The third-order valence-electron chi connectivity index (χ3n) is 6.71. The highest BCUT2D eigenvalue weighted by molar-refractivity contribution is 9.10. The Balaban J connectivity index is 1.69. The molecule has 2 aromatic heterocycles. The molecule has 0 aliphatic carbocycles. The van der Waals surface area contributed by atoms with Gasteiger partial charge in [-0.3, -0.25) is 9.20 Å². The van der Waals surface area contributed by atoms with Crippen LogP contribution in [0.25, 0.3) is 28.0 Å². The molecule has 1 aliphatic heterocycles. The van der Waals surface area contributed by atoms with Gasteiger partial charge in [0.1, 0.15) is 11.3 Å². The van der Waals surface area contributed by atoms with Gasteiger partial charge < -0.3 is 4.57 Å². The average Bonchev–Trinajstić information content (AvgIpc) is 3.29. The maximum absolute atomic E-state index is 14.2. The van der Waals surface area contributed by atoms with Gasteiger partial charge in [-0.25, -0.2) is 0 Å².